The Balaban J connectivity index is 1.70. The molecule has 2 amide bonds. The van der Waals surface area contributed by atoms with E-state index >= 15 is 0 Å². The molecular formula is C14H17FN2O2. The summed E-state index contributed by atoms with van der Waals surface area (Å²) in [5, 5.41) is 3.05. The largest absolute Gasteiger partial charge is 0.378 e. The molecule has 1 aromatic rings. The van der Waals surface area contributed by atoms with Gasteiger partial charge in [-0.05, 0) is 30.5 Å². The summed E-state index contributed by atoms with van der Waals surface area (Å²) in [6.07, 6.45) is 1.74. The van der Waals surface area contributed by atoms with Gasteiger partial charge in [-0.25, -0.2) is 9.18 Å². The number of nitrogens with zero attached hydrogens (tertiary/aromatic N) is 1. The zero-order valence-corrected chi connectivity index (χ0v) is 10.7. The van der Waals surface area contributed by atoms with Crippen LogP contribution < -0.4 is 5.32 Å². The Hall–Kier alpha value is -1.62. The van der Waals surface area contributed by atoms with Gasteiger partial charge in [0, 0.05) is 13.1 Å². The predicted molar refractivity (Wildman–Crippen MR) is 68.2 cm³/mol. The number of hydrogen-bond acceptors (Lipinski definition) is 2. The highest BCUT2D eigenvalue weighted by atomic mass is 19.1. The van der Waals surface area contributed by atoms with Crippen molar-refractivity contribution in [3.8, 4) is 0 Å². The van der Waals surface area contributed by atoms with Crippen LogP contribution in [0.3, 0.4) is 0 Å². The number of nitrogens with one attached hydrogen (secondary N) is 1. The molecule has 1 aromatic carbocycles. The van der Waals surface area contributed by atoms with Gasteiger partial charge in [-0.3, -0.25) is 0 Å². The van der Waals surface area contributed by atoms with Crippen molar-refractivity contribution in [2.45, 2.75) is 18.4 Å². The zero-order chi connectivity index (χ0) is 13.3. The van der Waals surface area contributed by atoms with Crippen molar-refractivity contribution in [1.82, 2.24) is 10.2 Å². The number of hydrogen-bond donors (Lipinski definition) is 1. The molecule has 0 bridgehead atoms. The van der Waals surface area contributed by atoms with Crippen LogP contribution in [0.5, 0.6) is 0 Å². The highest BCUT2D eigenvalue weighted by molar-refractivity contribution is 5.76. The normalized spacial score (nSPS) is 21.0. The molecule has 0 atom stereocenters. The third kappa shape index (κ3) is 2.56. The van der Waals surface area contributed by atoms with Crippen molar-refractivity contribution in [3.63, 3.8) is 0 Å². The first-order chi connectivity index (χ1) is 9.20. The molecule has 0 spiro atoms. The number of amides is 2. The molecule has 1 aliphatic carbocycles. The van der Waals surface area contributed by atoms with Gasteiger partial charge in [0.25, 0.3) is 0 Å². The summed E-state index contributed by atoms with van der Waals surface area (Å²) in [6.45, 7) is 2.40. The lowest BCUT2D eigenvalue weighted by atomic mass is 10.1. The van der Waals surface area contributed by atoms with Crippen LogP contribution in [0.1, 0.15) is 18.4 Å². The summed E-state index contributed by atoms with van der Waals surface area (Å²) in [4.78, 5) is 13.9. The van der Waals surface area contributed by atoms with Crippen molar-refractivity contribution >= 4 is 6.03 Å². The van der Waals surface area contributed by atoms with Crippen LogP contribution in [-0.4, -0.2) is 37.2 Å². The predicted octanol–water partition coefficient (Wildman–Crippen LogP) is 1.86. The Bertz CT molecular complexity index is 482. The van der Waals surface area contributed by atoms with Gasteiger partial charge in [0.05, 0.1) is 18.8 Å². The van der Waals surface area contributed by atoms with Gasteiger partial charge in [-0.15, -0.1) is 0 Å². The summed E-state index contributed by atoms with van der Waals surface area (Å²) in [7, 11) is 0. The summed E-state index contributed by atoms with van der Waals surface area (Å²) in [5.41, 5.74) is 0.492. The molecule has 1 saturated heterocycles. The maximum Gasteiger partial charge on any atom is 0.318 e. The van der Waals surface area contributed by atoms with Gasteiger partial charge in [0.15, 0.2) is 0 Å². The Morgan fingerprint density at radius 1 is 1.32 bits per heavy atom. The minimum absolute atomic E-state index is 0.0786. The summed E-state index contributed by atoms with van der Waals surface area (Å²) < 4.78 is 18.5. The summed E-state index contributed by atoms with van der Waals surface area (Å²) in [6, 6.07) is 6.40. The fraction of sp³-hybridized carbons (Fsp3) is 0.500. The van der Waals surface area contributed by atoms with E-state index in [9.17, 15) is 9.18 Å². The van der Waals surface area contributed by atoms with Crippen LogP contribution in [0.15, 0.2) is 24.3 Å². The van der Waals surface area contributed by atoms with Gasteiger partial charge in [-0.2, -0.15) is 0 Å². The van der Waals surface area contributed by atoms with Gasteiger partial charge in [0.1, 0.15) is 5.82 Å². The molecule has 3 rings (SSSR count). The number of urea groups is 1. The van der Waals surface area contributed by atoms with Crippen LogP contribution in [0, 0.1) is 5.82 Å². The Labute approximate surface area is 111 Å². The zero-order valence-electron chi connectivity index (χ0n) is 10.7. The third-order valence-electron chi connectivity index (χ3n) is 3.77. The second kappa shape index (κ2) is 4.81. The molecule has 0 radical (unpaired) electrons. The lowest BCUT2D eigenvalue weighted by molar-refractivity contribution is 0.0522. The molecule has 19 heavy (non-hydrogen) atoms. The molecule has 102 valence electrons. The fourth-order valence-electron chi connectivity index (χ4n) is 2.45. The maximum atomic E-state index is 13.3. The number of halogens is 1. The van der Waals surface area contributed by atoms with Crippen molar-refractivity contribution in [2.24, 2.45) is 0 Å². The maximum absolute atomic E-state index is 13.3. The summed E-state index contributed by atoms with van der Waals surface area (Å²) in [5.74, 6) is -0.260. The standard InChI is InChI=1S/C14H17FN2O2/c15-12-3-1-2-11(10-12)14(4-5-14)16-13(18)17-6-8-19-9-7-17/h1-3,10H,4-9H2,(H,16,18). The molecule has 1 aliphatic heterocycles. The van der Waals surface area contributed by atoms with E-state index in [-0.39, 0.29) is 17.4 Å². The number of ether oxygens (including phenoxy) is 1. The highest BCUT2D eigenvalue weighted by Crippen LogP contribution is 2.45. The average molecular weight is 264 g/mol. The molecule has 1 saturated carbocycles. The van der Waals surface area contributed by atoms with Gasteiger partial charge >= 0.3 is 6.03 Å². The molecule has 1 heterocycles. The van der Waals surface area contributed by atoms with Gasteiger partial charge < -0.3 is 15.0 Å². The first-order valence-electron chi connectivity index (χ1n) is 6.60. The number of rotatable bonds is 2. The van der Waals surface area contributed by atoms with E-state index in [1.54, 1.807) is 11.0 Å². The minimum atomic E-state index is -0.364. The Morgan fingerprint density at radius 3 is 2.68 bits per heavy atom. The lowest BCUT2D eigenvalue weighted by Gasteiger charge is -2.29. The second-order valence-corrected chi connectivity index (χ2v) is 5.12. The van der Waals surface area contributed by atoms with Gasteiger partial charge in [0.2, 0.25) is 0 Å². The minimum Gasteiger partial charge on any atom is -0.378 e. The Kier molecular flexibility index (Phi) is 3.14. The van der Waals surface area contributed by atoms with E-state index in [4.69, 9.17) is 4.74 Å². The SMILES string of the molecule is O=C(NC1(c2cccc(F)c2)CC1)N1CCOCC1. The smallest absolute Gasteiger partial charge is 0.318 e. The molecule has 1 N–H and O–H groups in total. The van der Waals surface area contributed by atoms with E-state index in [0.717, 1.165) is 18.4 Å². The van der Waals surface area contributed by atoms with Crippen molar-refractivity contribution < 1.29 is 13.9 Å². The fourth-order valence-corrected chi connectivity index (χ4v) is 2.45. The number of benzene rings is 1. The number of carbonyl (C=O) groups excluding carboxylic acids is 1. The van der Waals surface area contributed by atoms with Crippen molar-refractivity contribution in [1.29, 1.82) is 0 Å². The van der Waals surface area contributed by atoms with E-state index in [1.165, 1.54) is 12.1 Å². The molecule has 0 unspecified atom stereocenters. The van der Waals surface area contributed by atoms with E-state index in [1.807, 2.05) is 6.07 Å². The topological polar surface area (TPSA) is 41.6 Å². The summed E-state index contributed by atoms with van der Waals surface area (Å²) >= 11 is 0. The van der Waals surface area contributed by atoms with Crippen molar-refractivity contribution in [3.05, 3.63) is 35.6 Å². The van der Waals surface area contributed by atoms with E-state index in [2.05, 4.69) is 5.32 Å². The number of carbonyl (C=O) groups is 1. The molecule has 2 fully saturated rings. The lowest BCUT2D eigenvalue weighted by Crippen LogP contribution is -2.49. The van der Waals surface area contributed by atoms with Crippen LogP contribution >= 0.6 is 0 Å². The van der Waals surface area contributed by atoms with E-state index in [0.29, 0.717) is 26.3 Å². The first kappa shape index (κ1) is 12.4. The molecule has 2 aliphatic rings. The van der Waals surface area contributed by atoms with Crippen LogP contribution in [0.2, 0.25) is 0 Å². The highest BCUT2D eigenvalue weighted by Gasteiger charge is 2.46. The van der Waals surface area contributed by atoms with Crippen LogP contribution in [0.4, 0.5) is 9.18 Å². The molecule has 4 nitrogen and oxygen atoms in total. The molecule has 5 heteroatoms. The Morgan fingerprint density at radius 2 is 2.05 bits per heavy atom. The molecule has 0 aromatic heterocycles. The molecular weight excluding hydrogens is 247 g/mol. The van der Waals surface area contributed by atoms with E-state index < -0.39 is 0 Å². The third-order valence-corrected chi connectivity index (χ3v) is 3.77. The number of morpholine rings is 1. The van der Waals surface area contributed by atoms with Crippen LogP contribution in [-0.2, 0) is 10.3 Å². The first-order valence-corrected chi connectivity index (χ1v) is 6.60. The van der Waals surface area contributed by atoms with Crippen LogP contribution in [0.25, 0.3) is 0 Å². The quantitative estimate of drug-likeness (QED) is 0.885. The average Bonchev–Trinajstić information content (AvgIpc) is 3.21. The van der Waals surface area contributed by atoms with Crippen molar-refractivity contribution in [2.75, 3.05) is 26.3 Å². The second-order valence-electron chi connectivity index (χ2n) is 5.12. The van der Waals surface area contributed by atoms with Gasteiger partial charge in [-0.1, -0.05) is 12.1 Å². The monoisotopic (exact) mass is 264 g/mol.